The van der Waals surface area contributed by atoms with Crippen molar-refractivity contribution >= 4 is 11.8 Å². The van der Waals surface area contributed by atoms with E-state index in [-0.39, 0.29) is 11.8 Å². The van der Waals surface area contributed by atoms with Gasteiger partial charge in [0.05, 0.1) is 0 Å². The van der Waals surface area contributed by atoms with Gasteiger partial charge in [0.15, 0.2) is 6.10 Å². The first-order valence-corrected chi connectivity index (χ1v) is 5.53. The lowest BCUT2D eigenvalue weighted by atomic mass is 10.0. The lowest BCUT2D eigenvalue weighted by molar-refractivity contribution is -0.140. The van der Waals surface area contributed by atoms with E-state index in [2.05, 4.69) is 6.92 Å². The van der Waals surface area contributed by atoms with Crippen molar-refractivity contribution in [3.63, 3.8) is 0 Å². The Bertz CT molecular complexity index is 406. The van der Waals surface area contributed by atoms with Gasteiger partial charge in [-0.3, -0.25) is 9.59 Å². The van der Waals surface area contributed by atoms with Crippen LogP contribution in [-0.4, -0.2) is 17.9 Å². The molecule has 1 fully saturated rings. The SMILES string of the molecule is CCc1ccc(C(=O)C2CCC(=O)O2)cc1. The third-order valence-electron chi connectivity index (χ3n) is 2.82. The molecule has 0 aromatic heterocycles. The molecule has 16 heavy (non-hydrogen) atoms. The maximum absolute atomic E-state index is 11.9. The number of carbonyl (C=O) groups is 2. The molecule has 3 heteroatoms. The molecule has 1 aromatic carbocycles. The third-order valence-corrected chi connectivity index (χ3v) is 2.82. The topological polar surface area (TPSA) is 43.4 Å². The Hall–Kier alpha value is -1.64. The van der Waals surface area contributed by atoms with Gasteiger partial charge in [-0.2, -0.15) is 0 Å². The van der Waals surface area contributed by atoms with Gasteiger partial charge in [0, 0.05) is 18.4 Å². The van der Waals surface area contributed by atoms with Gasteiger partial charge in [-0.05, 0) is 12.0 Å². The fourth-order valence-corrected chi connectivity index (χ4v) is 1.80. The molecular weight excluding hydrogens is 204 g/mol. The molecule has 1 atom stereocenters. The van der Waals surface area contributed by atoms with E-state index in [1.54, 1.807) is 12.1 Å². The van der Waals surface area contributed by atoms with E-state index in [1.807, 2.05) is 12.1 Å². The quantitative estimate of drug-likeness (QED) is 0.576. The van der Waals surface area contributed by atoms with Crippen LogP contribution in [0.15, 0.2) is 24.3 Å². The van der Waals surface area contributed by atoms with E-state index in [4.69, 9.17) is 4.74 Å². The van der Waals surface area contributed by atoms with Crippen molar-refractivity contribution in [1.29, 1.82) is 0 Å². The van der Waals surface area contributed by atoms with Crippen LogP contribution in [0.4, 0.5) is 0 Å². The van der Waals surface area contributed by atoms with Gasteiger partial charge in [0.25, 0.3) is 0 Å². The van der Waals surface area contributed by atoms with Gasteiger partial charge < -0.3 is 4.74 Å². The van der Waals surface area contributed by atoms with Gasteiger partial charge >= 0.3 is 5.97 Å². The van der Waals surface area contributed by atoms with Crippen LogP contribution in [0.25, 0.3) is 0 Å². The fraction of sp³-hybridized carbons (Fsp3) is 0.385. The number of rotatable bonds is 3. The van der Waals surface area contributed by atoms with E-state index in [1.165, 1.54) is 5.56 Å². The minimum atomic E-state index is -0.569. The van der Waals surface area contributed by atoms with E-state index in [0.29, 0.717) is 18.4 Å². The number of Topliss-reactive ketones (excluding diaryl/α,β-unsaturated/α-hetero) is 1. The molecule has 84 valence electrons. The van der Waals surface area contributed by atoms with E-state index in [9.17, 15) is 9.59 Å². The molecule has 1 aromatic rings. The summed E-state index contributed by atoms with van der Waals surface area (Å²) in [7, 11) is 0. The highest BCUT2D eigenvalue weighted by Gasteiger charge is 2.30. The molecule has 0 aliphatic carbocycles. The summed E-state index contributed by atoms with van der Waals surface area (Å²) in [5.41, 5.74) is 1.82. The first-order valence-electron chi connectivity index (χ1n) is 5.53. The average molecular weight is 218 g/mol. The molecule has 0 amide bonds. The number of cyclic esters (lactones) is 1. The van der Waals surface area contributed by atoms with Gasteiger partial charge in [-0.25, -0.2) is 0 Å². The fourth-order valence-electron chi connectivity index (χ4n) is 1.80. The monoisotopic (exact) mass is 218 g/mol. The predicted octanol–water partition coefficient (Wildman–Crippen LogP) is 2.14. The predicted molar refractivity (Wildman–Crippen MR) is 59.3 cm³/mol. The Morgan fingerprint density at radius 3 is 2.56 bits per heavy atom. The summed E-state index contributed by atoms with van der Waals surface area (Å²) in [5.74, 6) is -0.364. The molecule has 0 N–H and O–H groups in total. The zero-order valence-corrected chi connectivity index (χ0v) is 9.23. The highest BCUT2D eigenvalue weighted by molar-refractivity contribution is 6.01. The second kappa shape index (κ2) is 4.47. The highest BCUT2D eigenvalue weighted by Crippen LogP contribution is 2.18. The standard InChI is InChI=1S/C13H14O3/c1-2-9-3-5-10(6-4-9)13(15)11-7-8-12(14)16-11/h3-6,11H,2,7-8H2,1H3. The van der Waals surface area contributed by atoms with Crippen molar-refractivity contribution < 1.29 is 14.3 Å². The summed E-state index contributed by atoms with van der Waals surface area (Å²) in [5, 5.41) is 0. The number of aryl methyl sites for hydroxylation is 1. The summed E-state index contributed by atoms with van der Waals surface area (Å²) in [4.78, 5) is 22.8. The lowest BCUT2D eigenvalue weighted by Crippen LogP contribution is -2.20. The third kappa shape index (κ3) is 2.13. The Morgan fingerprint density at radius 1 is 1.38 bits per heavy atom. The van der Waals surface area contributed by atoms with Gasteiger partial charge in [-0.1, -0.05) is 31.2 Å². The second-order valence-corrected chi connectivity index (χ2v) is 3.93. The molecule has 2 rings (SSSR count). The molecule has 1 heterocycles. The Morgan fingerprint density at radius 2 is 2.06 bits per heavy atom. The molecule has 3 nitrogen and oxygen atoms in total. The van der Waals surface area contributed by atoms with E-state index in [0.717, 1.165) is 6.42 Å². The smallest absolute Gasteiger partial charge is 0.306 e. The van der Waals surface area contributed by atoms with Crippen molar-refractivity contribution in [2.75, 3.05) is 0 Å². The Balaban J connectivity index is 2.11. The molecule has 1 aliphatic rings. The maximum Gasteiger partial charge on any atom is 0.306 e. The van der Waals surface area contributed by atoms with Gasteiger partial charge in [0.2, 0.25) is 5.78 Å². The van der Waals surface area contributed by atoms with Crippen molar-refractivity contribution in [3.05, 3.63) is 35.4 Å². The number of benzene rings is 1. The molecular formula is C13H14O3. The van der Waals surface area contributed by atoms with Crippen LogP contribution in [0.2, 0.25) is 0 Å². The number of hydrogen-bond acceptors (Lipinski definition) is 3. The molecule has 1 unspecified atom stereocenters. The maximum atomic E-state index is 11.9. The zero-order chi connectivity index (χ0) is 11.5. The summed E-state index contributed by atoms with van der Waals surface area (Å²) in [6.45, 7) is 2.07. The molecule has 0 radical (unpaired) electrons. The lowest BCUT2D eigenvalue weighted by Gasteiger charge is -2.08. The zero-order valence-electron chi connectivity index (χ0n) is 9.23. The first-order chi connectivity index (χ1) is 7.70. The molecule has 0 bridgehead atoms. The molecule has 1 aliphatic heterocycles. The van der Waals surface area contributed by atoms with Crippen LogP contribution < -0.4 is 0 Å². The molecule has 0 spiro atoms. The van der Waals surface area contributed by atoms with Crippen LogP contribution in [0, 0.1) is 0 Å². The normalized spacial score (nSPS) is 19.6. The summed E-state index contributed by atoms with van der Waals surface area (Å²) in [6.07, 6.45) is 1.24. The summed E-state index contributed by atoms with van der Waals surface area (Å²) in [6, 6.07) is 7.47. The number of hydrogen-bond donors (Lipinski definition) is 0. The van der Waals surface area contributed by atoms with E-state index < -0.39 is 6.10 Å². The van der Waals surface area contributed by atoms with Crippen LogP contribution in [0.1, 0.15) is 35.7 Å². The van der Waals surface area contributed by atoms with Crippen molar-refractivity contribution in [2.45, 2.75) is 32.3 Å². The number of carbonyl (C=O) groups excluding carboxylic acids is 2. The summed E-state index contributed by atoms with van der Waals surface area (Å²) >= 11 is 0. The van der Waals surface area contributed by atoms with Crippen LogP contribution in [0.3, 0.4) is 0 Å². The second-order valence-electron chi connectivity index (χ2n) is 3.93. The highest BCUT2D eigenvalue weighted by atomic mass is 16.6. The van der Waals surface area contributed by atoms with Crippen molar-refractivity contribution in [2.24, 2.45) is 0 Å². The van der Waals surface area contributed by atoms with Gasteiger partial charge in [0.1, 0.15) is 0 Å². The summed E-state index contributed by atoms with van der Waals surface area (Å²) < 4.78 is 4.95. The Labute approximate surface area is 94.4 Å². The number of esters is 1. The van der Waals surface area contributed by atoms with Crippen LogP contribution in [-0.2, 0) is 16.0 Å². The van der Waals surface area contributed by atoms with E-state index >= 15 is 0 Å². The number of ether oxygens (including phenoxy) is 1. The van der Waals surface area contributed by atoms with Gasteiger partial charge in [-0.15, -0.1) is 0 Å². The molecule has 1 saturated heterocycles. The van der Waals surface area contributed by atoms with Crippen LogP contribution in [0.5, 0.6) is 0 Å². The van der Waals surface area contributed by atoms with Crippen molar-refractivity contribution in [1.82, 2.24) is 0 Å². The molecule has 0 saturated carbocycles. The minimum Gasteiger partial charge on any atom is -0.454 e. The largest absolute Gasteiger partial charge is 0.454 e. The first kappa shape index (κ1) is 10.9. The number of ketones is 1. The van der Waals surface area contributed by atoms with Crippen LogP contribution >= 0.6 is 0 Å². The minimum absolute atomic E-state index is 0.0893. The average Bonchev–Trinajstić information content (AvgIpc) is 2.75. The Kier molecular flexibility index (Phi) is 3.04. The van der Waals surface area contributed by atoms with Crippen molar-refractivity contribution in [3.8, 4) is 0 Å².